The number of carbonyl (C=O) groups excluding carboxylic acids is 1. The van der Waals surface area contributed by atoms with Crippen molar-refractivity contribution in [1.29, 1.82) is 0 Å². The molecule has 18 heavy (non-hydrogen) atoms. The summed E-state index contributed by atoms with van der Waals surface area (Å²) in [5, 5.41) is 13.9. The van der Waals surface area contributed by atoms with Gasteiger partial charge in [0.15, 0.2) is 0 Å². The Balaban J connectivity index is 2.42. The lowest BCUT2D eigenvalue weighted by molar-refractivity contribution is -0.140. The number of carbonyl (C=O) groups is 2. The van der Waals surface area contributed by atoms with Crippen molar-refractivity contribution in [2.24, 2.45) is 5.92 Å². The van der Waals surface area contributed by atoms with Crippen molar-refractivity contribution in [2.45, 2.75) is 32.7 Å². The summed E-state index contributed by atoms with van der Waals surface area (Å²) >= 11 is 0. The number of amides is 2. The third kappa shape index (κ3) is 4.75. The highest BCUT2D eigenvalue weighted by Gasteiger charge is 2.22. The number of nitrogens with one attached hydrogen (secondary N) is 2. The summed E-state index contributed by atoms with van der Waals surface area (Å²) in [7, 11) is 0. The lowest BCUT2D eigenvalue weighted by Gasteiger charge is -2.18. The highest BCUT2D eigenvalue weighted by Crippen LogP contribution is 2.11. The summed E-state index contributed by atoms with van der Waals surface area (Å²) < 4.78 is 5.19. The van der Waals surface area contributed by atoms with Crippen molar-refractivity contribution in [3.8, 4) is 0 Å². The quantitative estimate of drug-likeness (QED) is 0.702. The van der Waals surface area contributed by atoms with Crippen molar-refractivity contribution in [3.05, 3.63) is 11.8 Å². The number of hydrogen-bond acceptors (Lipinski definition) is 3. The van der Waals surface area contributed by atoms with E-state index in [9.17, 15) is 9.59 Å². The van der Waals surface area contributed by atoms with Gasteiger partial charge in [0.05, 0.1) is 13.2 Å². The number of hydrogen-bond donors (Lipinski definition) is 3. The van der Waals surface area contributed by atoms with Crippen LogP contribution in [0.25, 0.3) is 0 Å². The van der Waals surface area contributed by atoms with Gasteiger partial charge in [0.2, 0.25) is 0 Å². The average molecular weight is 256 g/mol. The molecule has 1 aliphatic rings. The van der Waals surface area contributed by atoms with Gasteiger partial charge in [-0.3, -0.25) is 0 Å². The van der Waals surface area contributed by atoms with Gasteiger partial charge >= 0.3 is 12.0 Å². The van der Waals surface area contributed by atoms with Gasteiger partial charge in [-0.1, -0.05) is 13.8 Å². The van der Waals surface area contributed by atoms with Crippen LogP contribution in [0, 0.1) is 5.92 Å². The SMILES string of the molecule is CC(C)C(NC(=O)NC=C1CCOCC1)C(=O)O. The zero-order chi connectivity index (χ0) is 13.5. The predicted octanol–water partition coefficient (Wildman–Crippen LogP) is 1.09. The second-order valence-electron chi connectivity index (χ2n) is 4.59. The molecule has 0 aromatic rings. The minimum atomic E-state index is -1.03. The fourth-order valence-corrected chi connectivity index (χ4v) is 1.64. The molecule has 0 aromatic heterocycles. The first-order chi connectivity index (χ1) is 8.50. The van der Waals surface area contributed by atoms with Crippen LogP contribution in [0.15, 0.2) is 11.8 Å². The maximum Gasteiger partial charge on any atom is 0.326 e. The Kier molecular flexibility index (Phi) is 5.64. The van der Waals surface area contributed by atoms with Crippen LogP contribution in [-0.4, -0.2) is 36.4 Å². The molecule has 1 aliphatic heterocycles. The molecular formula is C12H20N2O4. The van der Waals surface area contributed by atoms with Crippen LogP contribution in [0.1, 0.15) is 26.7 Å². The van der Waals surface area contributed by atoms with Gasteiger partial charge in [0.1, 0.15) is 6.04 Å². The molecule has 1 fully saturated rings. The monoisotopic (exact) mass is 256 g/mol. The minimum absolute atomic E-state index is 0.163. The van der Waals surface area contributed by atoms with E-state index in [4.69, 9.17) is 9.84 Å². The molecule has 3 N–H and O–H groups in total. The van der Waals surface area contributed by atoms with Gasteiger partial charge in [-0.15, -0.1) is 0 Å². The maximum absolute atomic E-state index is 11.5. The van der Waals surface area contributed by atoms with E-state index in [1.165, 1.54) is 0 Å². The number of urea groups is 1. The van der Waals surface area contributed by atoms with E-state index in [1.807, 2.05) is 0 Å². The van der Waals surface area contributed by atoms with Crippen LogP contribution >= 0.6 is 0 Å². The highest BCUT2D eigenvalue weighted by molar-refractivity contribution is 5.83. The van der Waals surface area contributed by atoms with Crippen molar-refractivity contribution in [2.75, 3.05) is 13.2 Å². The molecule has 0 saturated carbocycles. The summed E-state index contributed by atoms with van der Waals surface area (Å²) in [6.07, 6.45) is 3.23. The first-order valence-electron chi connectivity index (χ1n) is 6.06. The Morgan fingerprint density at radius 3 is 2.44 bits per heavy atom. The molecule has 1 heterocycles. The van der Waals surface area contributed by atoms with Crippen LogP contribution in [0.4, 0.5) is 4.79 Å². The predicted molar refractivity (Wildman–Crippen MR) is 66.1 cm³/mol. The Morgan fingerprint density at radius 2 is 1.94 bits per heavy atom. The molecule has 1 saturated heterocycles. The molecule has 1 atom stereocenters. The molecule has 1 rings (SSSR count). The smallest absolute Gasteiger partial charge is 0.326 e. The minimum Gasteiger partial charge on any atom is -0.480 e. The van der Waals surface area contributed by atoms with Crippen molar-refractivity contribution in [3.63, 3.8) is 0 Å². The normalized spacial score (nSPS) is 17.2. The summed E-state index contributed by atoms with van der Waals surface area (Å²) in [4.78, 5) is 22.5. The molecule has 0 bridgehead atoms. The van der Waals surface area contributed by atoms with E-state index in [0.717, 1.165) is 18.4 Å². The molecule has 0 aliphatic carbocycles. The summed E-state index contributed by atoms with van der Waals surface area (Å²) in [5.74, 6) is -1.19. The molecule has 0 aromatic carbocycles. The molecule has 0 spiro atoms. The molecule has 0 radical (unpaired) electrons. The van der Waals surface area contributed by atoms with Crippen LogP contribution in [-0.2, 0) is 9.53 Å². The zero-order valence-corrected chi connectivity index (χ0v) is 10.7. The fraction of sp³-hybridized carbons (Fsp3) is 0.667. The number of ether oxygens (including phenoxy) is 1. The maximum atomic E-state index is 11.5. The van der Waals surface area contributed by atoms with E-state index in [0.29, 0.717) is 13.2 Å². The van der Waals surface area contributed by atoms with E-state index >= 15 is 0 Å². The van der Waals surface area contributed by atoms with Crippen LogP contribution < -0.4 is 10.6 Å². The molecule has 1 unspecified atom stereocenters. The lowest BCUT2D eigenvalue weighted by Crippen LogP contribution is -2.47. The molecule has 6 nitrogen and oxygen atoms in total. The number of carboxylic acid groups (broad SMARTS) is 1. The Labute approximate surface area is 106 Å². The summed E-state index contributed by atoms with van der Waals surface area (Å²) in [6, 6.07) is -1.37. The summed E-state index contributed by atoms with van der Waals surface area (Å²) in [6.45, 7) is 4.82. The molecule has 6 heteroatoms. The third-order valence-corrected chi connectivity index (χ3v) is 2.76. The number of rotatable bonds is 4. The number of aliphatic carboxylic acids is 1. The van der Waals surface area contributed by atoms with Gasteiger partial charge in [-0.05, 0) is 24.3 Å². The average Bonchev–Trinajstić information content (AvgIpc) is 2.34. The third-order valence-electron chi connectivity index (χ3n) is 2.76. The molecule has 2 amide bonds. The van der Waals surface area contributed by atoms with Crippen LogP contribution in [0.2, 0.25) is 0 Å². The van der Waals surface area contributed by atoms with E-state index in [-0.39, 0.29) is 5.92 Å². The van der Waals surface area contributed by atoms with Crippen LogP contribution in [0.5, 0.6) is 0 Å². The van der Waals surface area contributed by atoms with Gasteiger partial charge in [0.25, 0.3) is 0 Å². The number of carboxylic acids is 1. The Bertz CT molecular complexity index is 331. The van der Waals surface area contributed by atoms with Crippen LogP contribution in [0.3, 0.4) is 0 Å². The molecular weight excluding hydrogens is 236 g/mol. The standard InChI is InChI=1S/C12H20N2O4/c1-8(2)10(11(15)16)14-12(17)13-7-9-3-5-18-6-4-9/h7-8,10H,3-6H2,1-2H3,(H,15,16)(H2,13,14,17). The van der Waals surface area contributed by atoms with E-state index < -0.39 is 18.0 Å². The second kappa shape index (κ2) is 7.00. The topological polar surface area (TPSA) is 87.7 Å². The fourth-order valence-electron chi connectivity index (χ4n) is 1.64. The van der Waals surface area contributed by atoms with Crippen molar-refractivity contribution >= 4 is 12.0 Å². The second-order valence-corrected chi connectivity index (χ2v) is 4.59. The molecule has 102 valence electrons. The van der Waals surface area contributed by atoms with E-state index in [1.54, 1.807) is 20.0 Å². The van der Waals surface area contributed by atoms with Gasteiger partial charge < -0.3 is 20.5 Å². The van der Waals surface area contributed by atoms with Crippen molar-refractivity contribution < 1.29 is 19.4 Å². The first kappa shape index (κ1) is 14.5. The Morgan fingerprint density at radius 1 is 1.33 bits per heavy atom. The summed E-state index contributed by atoms with van der Waals surface area (Å²) in [5.41, 5.74) is 1.10. The first-order valence-corrected chi connectivity index (χ1v) is 6.06. The zero-order valence-electron chi connectivity index (χ0n) is 10.7. The van der Waals surface area contributed by atoms with Crippen molar-refractivity contribution in [1.82, 2.24) is 10.6 Å². The van der Waals surface area contributed by atoms with Gasteiger partial charge in [-0.25, -0.2) is 9.59 Å². The largest absolute Gasteiger partial charge is 0.480 e. The van der Waals surface area contributed by atoms with Gasteiger partial charge in [-0.2, -0.15) is 0 Å². The Hall–Kier alpha value is -1.56. The van der Waals surface area contributed by atoms with Gasteiger partial charge in [0, 0.05) is 6.20 Å². The highest BCUT2D eigenvalue weighted by atomic mass is 16.5. The van der Waals surface area contributed by atoms with E-state index in [2.05, 4.69) is 10.6 Å². The lowest BCUT2D eigenvalue weighted by atomic mass is 10.1.